The second-order valence-corrected chi connectivity index (χ2v) is 7.93. The highest BCUT2D eigenvalue weighted by atomic mass is 19.1. The maximum Gasteiger partial charge on any atom is 0.348 e. The van der Waals surface area contributed by atoms with E-state index in [1.54, 1.807) is 18.2 Å². The summed E-state index contributed by atoms with van der Waals surface area (Å²) in [6.07, 6.45) is 2.64. The van der Waals surface area contributed by atoms with Gasteiger partial charge in [-0.3, -0.25) is 4.79 Å². The molecule has 0 spiro atoms. The molecule has 3 aromatic rings. The number of nitrogens with one attached hydrogen (secondary N) is 1. The van der Waals surface area contributed by atoms with Crippen molar-refractivity contribution >= 4 is 5.91 Å². The van der Waals surface area contributed by atoms with E-state index in [4.69, 9.17) is 0 Å². The van der Waals surface area contributed by atoms with Gasteiger partial charge in [0.25, 0.3) is 0 Å². The number of benzene rings is 2. The van der Waals surface area contributed by atoms with Crippen LogP contribution in [0, 0.1) is 18.7 Å². The Labute approximate surface area is 174 Å². The number of likely N-dealkylation sites (tertiary alicyclic amines) is 1. The molecule has 1 aliphatic heterocycles. The fraction of sp³-hybridized carbons (Fsp3) is 0.348. The van der Waals surface area contributed by atoms with E-state index < -0.39 is 11.5 Å². The minimum Gasteiger partial charge on any atom is -0.342 e. The third kappa shape index (κ3) is 4.35. The highest BCUT2D eigenvalue weighted by Gasteiger charge is 2.25. The monoisotopic (exact) mass is 408 g/mol. The number of para-hydroxylation sites is 1. The van der Waals surface area contributed by atoms with Crippen molar-refractivity contribution in [3.05, 3.63) is 81.8 Å². The van der Waals surface area contributed by atoms with Gasteiger partial charge < -0.3 is 4.90 Å². The van der Waals surface area contributed by atoms with Crippen molar-refractivity contribution < 1.29 is 9.18 Å². The van der Waals surface area contributed by atoms with Crippen LogP contribution in [-0.4, -0.2) is 38.7 Å². The average molecular weight is 408 g/mol. The minimum absolute atomic E-state index is 0.141. The first-order valence-electron chi connectivity index (χ1n) is 10.3. The van der Waals surface area contributed by atoms with Crippen LogP contribution < -0.4 is 5.69 Å². The predicted octanol–water partition coefficient (Wildman–Crippen LogP) is 3.03. The second kappa shape index (κ2) is 8.65. The number of hydrogen-bond acceptors (Lipinski definition) is 3. The molecule has 0 radical (unpaired) electrons. The molecule has 0 aliphatic carbocycles. The molecular weight excluding hydrogens is 383 g/mol. The molecule has 1 aromatic heterocycles. The summed E-state index contributed by atoms with van der Waals surface area (Å²) in [5.74, 6) is 0.490. The van der Waals surface area contributed by atoms with Crippen LogP contribution in [0.15, 0.2) is 53.3 Å². The summed E-state index contributed by atoms with van der Waals surface area (Å²) in [5.41, 5.74) is 1.95. The van der Waals surface area contributed by atoms with Crippen LogP contribution in [0.1, 0.15) is 29.8 Å². The van der Waals surface area contributed by atoms with E-state index >= 15 is 0 Å². The topological polar surface area (TPSA) is 71.0 Å². The van der Waals surface area contributed by atoms with Crippen molar-refractivity contribution in [2.24, 2.45) is 5.92 Å². The van der Waals surface area contributed by atoms with Crippen LogP contribution in [0.3, 0.4) is 0 Å². The Bertz CT molecular complexity index is 1100. The number of rotatable bonds is 5. The van der Waals surface area contributed by atoms with Crippen molar-refractivity contribution in [1.29, 1.82) is 0 Å². The molecule has 2 heterocycles. The molecule has 6 nitrogen and oxygen atoms in total. The van der Waals surface area contributed by atoms with Crippen LogP contribution in [0.25, 0.3) is 5.69 Å². The lowest BCUT2D eigenvalue weighted by Crippen LogP contribution is -2.40. The number of carbonyl (C=O) groups is 1. The van der Waals surface area contributed by atoms with Crippen LogP contribution in [0.5, 0.6) is 0 Å². The number of hydrogen-bond donors (Lipinski definition) is 1. The zero-order valence-corrected chi connectivity index (χ0v) is 17.0. The van der Waals surface area contributed by atoms with Crippen molar-refractivity contribution in [3.8, 4) is 5.69 Å². The van der Waals surface area contributed by atoms with Gasteiger partial charge in [-0.1, -0.05) is 42.0 Å². The molecule has 0 bridgehead atoms. The molecule has 2 aromatic carbocycles. The number of aromatic nitrogens is 3. The van der Waals surface area contributed by atoms with Gasteiger partial charge >= 0.3 is 5.69 Å². The molecule has 1 N–H and O–H groups in total. The van der Waals surface area contributed by atoms with E-state index in [-0.39, 0.29) is 17.5 Å². The Hall–Kier alpha value is -3.22. The minimum atomic E-state index is -0.459. The fourth-order valence-corrected chi connectivity index (χ4v) is 4.10. The van der Waals surface area contributed by atoms with E-state index in [0.717, 1.165) is 24.0 Å². The predicted molar refractivity (Wildman–Crippen MR) is 112 cm³/mol. The number of halogens is 1. The summed E-state index contributed by atoms with van der Waals surface area (Å²) < 4.78 is 15.5. The third-order valence-corrected chi connectivity index (χ3v) is 5.71. The zero-order chi connectivity index (χ0) is 21.1. The maximum atomic E-state index is 14.2. The molecule has 1 amide bonds. The molecule has 7 heteroatoms. The smallest absolute Gasteiger partial charge is 0.342 e. The van der Waals surface area contributed by atoms with E-state index in [2.05, 4.69) is 10.2 Å². The van der Waals surface area contributed by atoms with E-state index in [9.17, 15) is 14.0 Å². The first kappa shape index (κ1) is 20.1. The highest BCUT2D eigenvalue weighted by Crippen LogP contribution is 2.23. The Balaban J connectivity index is 1.38. The molecule has 0 atom stereocenters. The standard InChI is InChI=1S/C23H25FN4O2/c1-16-5-4-6-18(13-16)15-22(29)27-11-9-17(10-12-27)14-21-25-26-23(30)28(21)20-8-3-2-7-19(20)24/h2-8,13,17H,9-12,14-15H2,1H3,(H,26,30). The quantitative estimate of drug-likeness (QED) is 0.705. The lowest BCUT2D eigenvalue weighted by atomic mass is 9.92. The Morgan fingerprint density at radius 1 is 1.17 bits per heavy atom. The van der Waals surface area contributed by atoms with Crippen LogP contribution in [0.4, 0.5) is 4.39 Å². The lowest BCUT2D eigenvalue weighted by Gasteiger charge is -2.32. The molecule has 1 fully saturated rings. The maximum absolute atomic E-state index is 14.2. The molecule has 0 unspecified atom stereocenters. The zero-order valence-electron chi connectivity index (χ0n) is 17.0. The first-order valence-corrected chi connectivity index (χ1v) is 10.3. The normalized spacial score (nSPS) is 14.8. The largest absolute Gasteiger partial charge is 0.348 e. The Morgan fingerprint density at radius 2 is 1.93 bits per heavy atom. The number of nitrogens with zero attached hydrogens (tertiary/aromatic N) is 3. The molecule has 30 heavy (non-hydrogen) atoms. The lowest BCUT2D eigenvalue weighted by molar-refractivity contribution is -0.131. The van der Waals surface area contributed by atoms with Gasteiger partial charge in [0.15, 0.2) is 0 Å². The average Bonchev–Trinajstić information content (AvgIpc) is 3.09. The van der Waals surface area contributed by atoms with Crippen LogP contribution >= 0.6 is 0 Å². The molecule has 4 rings (SSSR count). The van der Waals surface area contributed by atoms with Gasteiger partial charge in [-0.25, -0.2) is 18.9 Å². The number of aromatic amines is 1. The van der Waals surface area contributed by atoms with Gasteiger partial charge in [0.2, 0.25) is 5.91 Å². The van der Waals surface area contributed by atoms with Crippen LogP contribution in [0.2, 0.25) is 0 Å². The summed E-state index contributed by atoms with van der Waals surface area (Å²) in [5, 5.41) is 6.56. The Kier molecular flexibility index (Phi) is 5.79. The third-order valence-electron chi connectivity index (χ3n) is 5.71. The summed E-state index contributed by atoms with van der Waals surface area (Å²) >= 11 is 0. The number of amides is 1. The van der Waals surface area contributed by atoms with Crippen molar-refractivity contribution in [2.75, 3.05) is 13.1 Å². The van der Waals surface area contributed by atoms with Gasteiger partial charge in [0.05, 0.1) is 12.1 Å². The van der Waals surface area contributed by atoms with E-state index in [1.807, 2.05) is 36.1 Å². The van der Waals surface area contributed by atoms with E-state index in [1.165, 1.54) is 10.6 Å². The summed E-state index contributed by atoms with van der Waals surface area (Å²) in [7, 11) is 0. The summed E-state index contributed by atoms with van der Waals surface area (Å²) in [4.78, 5) is 26.8. The SMILES string of the molecule is Cc1cccc(CC(=O)N2CCC(Cc3n[nH]c(=O)n3-c3ccccc3F)CC2)c1. The summed E-state index contributed by atoms with van der Waals surface area (Å²) in [6, 6.07) is 14.2. The van der Waals surface area contributed by atoms with Crippen molar-refractivity contribution in [2.45, 2.75) is 32.6 Å². The Morgan fingerprint density at radius 3 is 2.67 bits per heavy atom. The molecular formula is C23H25FN4O2. The van der Waals surface area contributed by atoms with Gasteiger partial charge in [-0.2, -0.15) is 5.10 Å². The van der Waals surface area contributed by atoms with Crippen LogP contribution in [-0.2, 0) is 17.6 Å². The highest BCUT2D eigenvalue weighted by molar-refractivity contribution is 5.78. The van der Waals surface area contributed by atoms with Crippen molar-refractivity contribution in [3.63, 3.8) is 0 Å². The van der Waals surface area contributed by atoms with E-state index in [0.29, 0.717) is 31.8 Å². The molecule has 1 saturated heterocycles. The van der Waals surface area contributed by atoms with Gasteiger partial charge in [-0.15, -0.1) is 0 Å². The van der Waals surface area contributed by atoms with Crippen molar-refractivity contribution in [1.82, 2.24) is 19.7 Å². The first-order chi connectivity index (χ1) is 14.5. The number of aryl methyl sites for hydroxylation is 1. The van der Waals surface area contributed by atoms with Gasteiger partial charge in [-0.05, 0) is 43.4 Å². The number of carbonyl (C=O) groups excluding carboxylic acids is 1. The molecule has 156 valence electrons. The summed E-state index contributed by atoms with van der Waals surface area (Å²) in [6.45, 7) is 3.39. The van der Waals surface area contributed by atoms with Gasteiger partial charge in [0.1, 0.15) is 11.6 Å². The molecule has 0 saturated carbocycles. The fourth-order valence-electron chi connectivity index (χ4n) is 4.10. The number of H-pyrrole nitrogens is 1. The van der Waals surface area contributed by atoms with Gasteiger partial charge in [0, 0.05) is 19.5 Å². The second-order valence-electron chi connectivity index (χ2n) is 7.93. The number of piperidine rings is 1. The molecule has 1 aliphatic rings.